The van der Waals surface area contributed by atoms with Crippen LogP contribution in [0.3, 0.4) is 0 Å². The molecule has 0 unspecified atom stereocenters. The third-order valence-corrected chi connectivity index (χ3v) is 3.43. The van der Waals surface area contributed by atoms with Crippen molar-refractivity contribution >= 4 is 5.91 Å². The Bertz CT molecular complexity index is 590. The van der Waals surface area contributed by atoms with Crippen molar-refractivity contribution in [3.05, 3.63) is 18.1 Å². The van der Waals surface area contributed by atoms with Crippen LogP contribution < -0.4 is 5.32 Å². The summed E-state index contributed by atoms with van der Waals surface area (Å²) in [7, 11) is 0. The van der Waals surface area contributed by atoms with Gasteiger partial charge in [0, 0.05) is 25.7 Å². The van der Waals surface area contributed by atoms with Crippen LogP contribution in [0.4, 0.5) is 0 Å². The molecule has 10 nitrogen and oxygen atoms in total. The zero-order chi connectivity index (χ0) is 15.2. The number of aromatic amines is 1. The number of ether oxygens (including phenoxy) is 1. The standard InChI is InChI=1S/C12H18N8O2/c21-12(13-2-1-3-19-4-6-22-7-5-19)10-8-11(16-15-10)20-9-14-17-18-20/h8-9H,1-7H2,(H,13,21)(H,15,16). The van der Waals surface area contributed by atoms with Crippen molar-refractivity contribution < 1.29 is 9.53 Å². The number of H-pyrrole nitrogens is 1. The normalized spacial score (nSPS) is 15.8. The smallest absolute Gasteiger partial charge is 0.269 e. The molecule has 1 fully saturated rings. The first-order valence-electron chi connectivity index (χ1n) is 7.20. The highest BCUT2D eigenvalue weighted by molar-refractivity contribution is 5.92. The van der Waals surface area contributed by atoms with Crippen molar-refractivity contribution in [1.82, 2.24) is 40.6 Å². The van der Waals surface area contributed by atoms with Crippen LogP contribution in [0.25, 0.3) is 5.82 Å². The van der Waals surface area contributed by atoms with Crippen LogP contribution in [0.15, 0.2) is 12.4 Å². The van der Waals surface area contributed by atoms with Crippen LogP contribution in [0.2, 0.25) is 0 Å². The van der Waals surface area contributed by atoms with Gasteiger partial charge in [-0.25, -0.2) is 0 Å². The van der Waals surface area contributed by atoms with Gasteiger partial charge in [-0.05, 0) is 23.4 Å². The van der Waals surface area contributed by atoms with Crippen LogP contribution in [0.1, 0.15) is 16.9 Å². The largest absolute Gasteiger partial charge is 0.379 e. The monoisotopic (exact) mass is 306 g/mol. The molecule has 0 spiro atoms. The molecule has 2 aromatic heterocycles. The van der Waals surface area contributed by atoms with Gasteiger partial charge in [-0.1, -0.05) is 0 Å². The fourth-order valence-corrected chi connectivity index (χ4v) is 2.24. The van der Waals surface area contributed by atoms with Crippen LogP contribution in [-0.2, 0) is 4.74 Å². The minimum Gasteiger partial charge on any atom is -0.379 e. The summed E-state index contributed by atoms with van der Waals surface area (Å²) in [4.78, 5) is 14.3. The highest BCUT2D eigenvalue weighted by Gasteiger charge is 2.12. The predicted molar refractivity (Wildman–Crippen MR) is 75.5 cm³/mol. The molecule has 3 heterocycles. The Balaban J connectivity index is 1.42. The third-order valence-electron chi connectivity index (χ3n) is 3.43. The van der Waals surface area contributed by atoms with E-state index in [4.69, 9.17) is 4.74 Å². The van der Waals surface area contributed by atoms with Crippen LogP contribution >= 0.6 is 0 Å². The number of morpholine rings is 1. The minimum absolute atomic E-state index is 0.186. The number of carbonyl (C=O) groups is 1. The lowest BCUT2D eigenvalue weighted by molar-refractivity contribution is 0.0374. The van der Waals surface area contributed by atoms with E-state index in [0.29, 0.717) is 18.1 Å². The lowest BCUT2D eigenvalue weighted by Crippen LogP contribution is -2.38. The quantitative estimate of drug-likeness (QED) is 0.647. The molecule has 1 aliphatic heterocycles. The summed E-state index contributed by atoms with van der Waals surface area (Å²) < 4.78 is 6.68. The summed E-state index contributed by atoms with van der Waals surface area (Å²) >= 11 is 0. The Morgan fingerprint density at radius 3 is 3.05 bits per heavy atom. The molecular formula is C12H18N8O2. The van der Waals surface area contributed by atoms with Crippen molar-refractivity contribution in [3.63, 3.8) is 0 Å². The zero-order valence-corrected chi connectivity index (χ0v) is 12.1. The van der Waals surface area contributed by atoms with Crippen LogP contribution in [0.5, 0.6) is 0 Å². The molecule has 3 rings (SSSR count). The highest BCUT2D eigenvalue weighted by Crippen LogP contribution is 2.03. The van der Waals surface area contributed by atoms with E-state index in [-0.39, 0.29) is 5.91 Å². The third kappa shape index (κ3) is 3.65. The molecule has 1 amide bonds. The lowest BCUT2D eigenvalue weighted by Gasteiger charge is -2.26. The van der Waals surface area contributed by atoms with Gasteiger partial charge in [0.2, 0.25) is 0 Å². The molecule has 22 heavy (non-hydrogen) atoms. The van der Waals surface area contributed by atoms with Gasteiger partial charge < -0.3 is 10.1 Å². The van der Waals surface area contributed by atoms with Gasteiger partial charge in [0.25, 0.3) is 5.91 Å². The maximum absolute atomic E-state index is 12.0. The second-order valence-electron chi connectivity index (χ2n) is 4.96. The Hall–Kier alpha value is -2.33. The summed E-state index contributed by atoms with van der Waals surface area (Å²) in [5.41, 5.74) is 0.386. The minimum atomic E-state index is -0.186. The topological polar surface area (TPSA) is 114 Å². The number of nitrogens with zero attached hydrogens (tertiary/aromatic N) is 6. The molecule has 1 aliphatic rings. The molecule has 0 aromatic carbocycles. The van der Waals surface area contributed by atoms with E-state index in [1.807, 2.05) is 0 Å². The first-order chi connectivity index (χ1) is 10.8. The Morgan fingerprint density at radius 1 is 1.41 bits per heavy atom. The van der Waals surface area contributed by atoms with Gasteiger partial charge in [-0.15, -0.1) is 5.10 Å². The van der Waals surface area contributed by atoms with Crippen LogP contribution in [0, 0.1) is 0 Å². The van der Waals surface area contributed by atoms with E-state index >= 15 is 0 Å². The number of hydrogen-bond donors (Lipinski definition) is 2. The van der Waals surface area contributed by atoms with Crippen molar-refractivity contribution in [2.45, 2.75) is 6.42 Å². The molecule has 0 atom stereocenters. The van der Waals surface area contributed by atoms with Crippen molar-refractivity contribution in [2.24, 2.45) is 0 Å². The maximum Gasteiger partial charge on any atom is 0.269 e. The first-order valence-corrected chi connectivity index (χ1v) is 7.20. The number of amides is 1. The van der Waals surface area contributed by atoms with E-state index < -0.39 is 0 Å². The number of nitrogens with one attached hydrogen (secondary N) is 2. The summed E-state index contributed by atoms with van der Waals surface area (Å²) in [5.74, 6) is 0.289. The van der Waals surface area contributed by atoms with E-state index in [1.54, 1.807) is 6.07 Å². The first kappa shape index (κ1) is 14.6. The maximum atomic E-state index is 12.0. The molecule has 0 saturated carbocycles. The molecule has 118 valence electrons. The van der Waals surface area contributed by atoms with Gasteiger partial charge in [0.1, 0.15) is 12.0 Å². The SMILES string of the molecule is O=C(NCCCN1CCOCC1)c1cc(-n2cnnn2)n[nH]1. The second kappa shape index (κ2) is 7.09. The summed E-state index contributed by atoms with van der Waals surface area (Å²) in [6.07, 6.45) is 2.32. The van der Waals surface area contributed by atoms with E-state index in [1.165, 1.54) is 11.0 Å². The van der Waals surface area contributed by atoms with Crippen molar-refractivity contribution in [1.29, 1.82) is 0 Å². The van der Waals surface area contributed by atoms with Gasteiger partial charge in [0.05, 0.1) is 13.2 Å². The Kier molecular flexibility index (Phi) is 4.71. The molecule has 2 N–H and O–H groups in total. The molecular weight excluding hydrogens is 288 g/mol. The zero-order valence-electron chi connectivity index (χ0n) is 12.1. The number of hydrogen-bond acceptors (Lipinski definition) is 7. The van der Waals surface area contributed by atoms with Gasteiger partial charge in [-0.3, -0.25) is 14.8 Å². The molecule has 0 bridgehead atoms. The predicted octanol–water partition coefficient (Wildman–Crippen LogP) is -1.16. The van der Waals surface area contributed by atoms with E-state index in [9.17, 15) is 4.79 Å². The number of rotatable bonds is 6. The van der Waals surface area contributed by atoms with E-state index in [0.717, 1.165) is 39.3 Å². The molecule has 10 heteroatoms. The average Bonchev–Trinajstić information content (AvgIpc) is 3.22. The molecule has 0 aliphatic carbocycles. The lowest BCUT2D eigenvalue weighted by atomic mass is 10.3. The van der Waals surface area contributed by atoms with Gasteiger partial charge in [0.15, 0.2) is 5.82 Å². The van der Waals surface area contributed by atoms with E-state index in [2.05, 4.69) is 35.9 Å². The van der Waals surface area contributed by atoms with Gasteiger partial charge >= 0.3 is 0 Å². The summed E-state index contributed by atoms with van der Waals surface area (Å²) in [6.45, 7) is 5.09. The van der Waals surface area contributed by atoms with Gasteiger partial charge in [-0.2, -0.15) is 9.78 Å². The van der Waals surface area contributed by atoms with Crippen molar-refractivity contribution in [2.75, 3.05) is 39.4 Å². The number of aromatic nitrogens is 6. The summed E-state index contributed by atoms with van der Waals surface area (Å²) in [6, 6.07) is 1.60. The fourth-order valence-electron chi connectivity index (χ4n) is 2.24. The van der Waals surface area contributed by atoms with Crippen molar-refractivity contribution in [3.8, 4) is 5.82 Å². The Morgan fingerprint density at radius 2 is 2.27 bits per heavy atom. The Labute approximate surface area is 126 Å². The molecule has 1 saturated heterocycles. The van der Waals surface area contributed by atoms with Crippen LogP contribution in [-0.4, -0.2) is 80.6 Å². The summed E-state index contributed by atoms with van der Waals surface area (Å²) in [5, 5.41) is 20.3. The highest BCUT2D eigenvalue weighted by atomic mass is 16.5. The second-order valence-corrected chi connectivity index (χ2v) is 4.96. The average molecular weight is 306 g/mol. The fraction of sp³-hybridized carbons (Fsp3) is 0.583. The number of carbonyl (C=O) groups excluding carboxylic acids is 1. The molecule has 0 radical (unpaired) electrons. The molecule has 2 aromatic rings. The number of tetrazole rings is 1.